The third-order valence-electron chi connectivity index (χ3n) is 5.33. The molecule has 7 nitrogen and oxygen atoms in total. The van der Waals surface area contributed by atoms with E-state index in [-0.39, 0.29) is 24.0 Å². The molecule has 0 aliphatic carbocycles. The van der Waals surface area contributed by atoms with E-state index in [1.165, 1.54) is 0 Å². The van der Waals surface area contributed by atoms with Crippen molar-refractivity contribution in [3.8, 4) is 0 Å². The van der Waals surface area contributed by atoms with Gasteiger partial charge in [-0.3, -0.25) is 4.79 Å². The molecule has 27 heavy (non-hydrogen) atoms. The molecule has 3 amide bonds. The number of amides is 3. The molecule has 0 spiro atoms. The number of imidazole rings is 1. The maximum Gasteiger partial charge on any atom is 0.320 e. The molecule has 0 aromatic carbocycles. The molecule has 1 fully saturated rings. The second-order valence-corrected chi connectivity index (χ2v) is 7.81. The Morgan fingerprint density at radius 1 is 1.26 bits per heavy atom. The van der Waals surface area contributed by atoms with Crippen molar-refractivity contribution in [2.75, 3.05) is 20.6 Å². The van der Waals surface area contributed by atoms with Crippen molar-refractivity contribution in [2.24, 2.45) is 5.92 Å². The molecule has 146 valence electrons. The number of nitrogens with one attached hydrogen (secondary N) is 1. The van der Waals surface area contributed by atoms with E-state index in [2.05, 4.69) is 19.2 Å². The minimum atomic E-state index is -0.172. The fraction of sp³-hybridized carbons (Fsp3) is 0.550. The van der Waals surface area contributed by atoms with Crippen LogP contribution in [0.5, 0.6) is 0 Å². The number of pyridine rings is 1. The third kappa shape index (κ3) is 3.63. The zero-order chi connectivity index (χ0) is 19.7. The average molecular weight is 371 g/mol. The number of urea groups is 1. The normalized spacial score (nSPS) is 18.1. The van der Waals surface area contributed by atoms with E-state index < -0.39 is 0 Å². The van der Waals surface area contributed by atoms with E-state index in [1.807, 2.05) is 40.6 Å². The van der Waals surface area contributed by atoms with Crippen LogP contribution in [-0.4, -0.2) is 57.8 Å². The van der Waals surface area contributed by atoms with Gasteiger partial charge in [-0.1, -0.05) is 19.9 Å². The Morgan fingerprint density at radius 2 is 2.00 bits per heavy atom. The maximum atomic E-state index is 12.8. The number of likely N-dealkylation sites (tertiary alicyclic amines) is 1. The zero-order valence-electron chi connectivity index (χ0n) is 16.8. The van der Waals surface area contributed by atoms with Gasteiger partial charge in [-0.2, -0.15) is 0 Å². The van der Waals surface area contributed by atoms with E-state index in [4.69, 9.17) is 4.98 Å². The third-order valence-corrected chi connectivity index (χ3v) is 5.33. The zero-order valence-corrected chi connectivity index (χ0v) is 16.8. The Labute approximate surface area is 160 Å². The molecule has 0 unspecified atom stereocenters. The first-order chi connectivity index (χ1) is 12.8. The van der Waals surface area contributed by atoms with E-state index in [0.29, 0.717) is 18.2 Å². The summed E-state index contributed by atoms with van der Waals surface area (Å²) in [6.07, 6.45) is 3.69. The quantitative estimate of drug-likeness (QED) is 0.898. The largest absolute Gasteiger partial charge is 0.348 e. The second-order valence-electron chi connectivity index (χ2n) is 7.81. The van der Waals surface area contributed by atoms with E-state index in [1.54, 1.807) is 19.0 Å². The van der Waals surface area contributed by atoms with Gasteiger partial charge in [-0.05, 0) is 37.8 Å². The number of hydrogen-bond acceptors (Lipinski definition) is 3. The summed E-state index contributed by atoms with van der Waals surface area (Å²) in [6, 6.07) is 5.63. The molecule has 7 heteroatoms. The highest BCUT2D eigenvalue weighted by molar-refractivity contribution is 5.99. The molecule has 0 saturated carbocycles. The van der Waals surface area contributed by atoms with Gasteiger partial charge in [0.2, 0.25) is 0 Å². The highest BCUT2D eigenvalue weighted by Gasteiger charge is 2.35. The van der Waals surface area contributed by atoms with E-state index >= 15 is 0 Å². The molecule has 2 atom stereocenters. The summed E-state index contributed by atoms with van der Waals surface area (Å²) in [5.41, 5.74) is 1.19. The van der Waals surface area contributed by atoms with Crippen LogP contribution >= 0.6 is 0 Å². The minimum absolute atomic E-state index is 0.0235. The predicted molar refractivity (Wildman–Crippen MR) is 105 cm³/mol. The lowest BCUT2D eigenvalue weighted by molar-refractivity contribution is 0.0927. The van der Waals surface area contributed by atoms with Crippen molar-refractivity contribution in [1.82, 2.24) is 24.5 Å². The molecule has 2 aromatic heterocycles. The van der Waals surface area contributed by atoms with Crippen LogP contribution in [0.3, 0.4) is 0 Å². The highest BCUT2D eigenvalue weighted by atomic mass is 16.2. The van der Waals surface area contributed by atoms with Gasteiger partial charge in [-0.25, -0.2) is 9.78 Å². The smallest absolute Gasteiger partial charge is 0.320 e. The van der Waals surface area contributed by atoms with Crippen LogP contribution in [0.1, 0.15) is 56.0 Å². The van der Waals surface area contributed by atoms with Crippen LogP contribution in [0.4, 0.5) is 4.79 Å². The van der Waals surface area contributed by atoms with Crippen molar-refractivity contribution in [3.63, 3.8) is 0 Å². The van der Waals surface area contributed by atoms with Gasteiger partial charge in [0, 0.05) is 32.9 Å². The van der Waals surface area contributed by atoms with Gasteiger partial charge in [0.1, 0.15) is 5.82 Å². The van der Waals surface area contributed by atoms with Crippen molar-refractivity contribution in [3.05, 3.63) is 35.9 Å². The standard InChI is InChI=1S/C20H29N5O2/c1-13(2)14(3)21-19(26)17-15-9-6-7-11-24(15)18(22-17)16-10-8-12-25(16)20(27)23(4)5/h6-7,9,11,13-14,16H,8,10,12H2,1-5H3,(H,21,26)/t14-,16+/m0/s1. The van der Waals surface area contributed by atoms with Crippen LogP contribution < -0.4 is 5.32 Å². The molecule has 1 aliphatic rings. The molecule has 3 rings (SSSR count). The second kappa shape index (κ2) is 7.58. The summed E-state index contributed by atoms with van der Waals surface area (Å²) in [7, 11) is 3.52. The first-order valence-electron chi connectivity index (χ1n) is 9.57. The van der Waals surface area contributed by atoms with Crippen LogP contribution in [0, 0.1) is 5.92 Å². The molecule has 1 N–H and O–H groups in total. The molecule has 1 aliphatic heterocycles. The molecular formula is C20H29N5O2. The fourth-order valence-electron chi connectivity index (χ4n) is 3.43. The van der Waals surface area contributed by atoms with E-state index in [0.717, 1.165) is 24.2 Å². The van der Waals surface area contributed by atoms with Crippen LogP contribution in [0.15, 0.2) is 24.4 Å². The molecule has 1 saturated heterocycles. The number of aromatic nitrogens is 2. The highest BCUT2D eigenvalue weighted by Crippen LogP contribution is 2.33. The van der Waals surface area contributed by atoms with Crippen molar-refractivity contribution < 1.29 is 9.59 Å². The molecular weight excluding hydrogens is 342 g/mol. The number of fused-ring (bicyclic) bond motifs is 1. The number of hydrogen-bond donors (Lipinski definition) is 1. The van der Waals surface area contributed by atoms with Crippen LogP contribution in [0.25, 0.3) is 5.52 Å². The van der Waals surface area contributed by atoms with Crippen molar-refractivity contribution in [1.29, 1.82) is 0 Å². The summed E-state index contributed by atoms with van der Waals surface area (Å²) < 4.78 is 1.95. The fourth-order valence-corrected chi connectivity index (χ4v) is 3.43. The SMILES string of the molecule is CC(C)[C@H](C)NC(=O)c1nc([C@H]2CCCN2C(=O)N(C)C)n2ccccc12. The summed E-state index contributed by atoms with van der Waals surface area (Å²) in [5, 5.41) is 3.04. The summed E-state index contributed by atoms with van der Waals surface area (Å²) in [5.74, 6) is 0.917. The Kier molecular flexibility index (Phi) is 5.39. The Hall–Kier alpha value is -2.57. The molecule has 2 aromatic rings. The van der Waals surface area contributed by atoms with Gasteiger partial charge >= 0.3 is 6.03 Å². The first-order valence-corrected chi connectivity index (χ1v) is 9.57. The first kappa shape index (κ1) is 19.2. The molecule has 0 bridgehead atoms. The number of nitrogens with zero attached hydrogens (tertiary/aromatic N) is 4. The topological polar surface area (TPSA) is 70.0 Å². The summed E-state index contributed by atoms with van der Waals surface area (Å²) in [4.78, 5) is 33.6. The van der Waals surface area contributed by atoms with Crippen molar-refractivity contribution in [2.45, 2.75) is 45.7 Å². The van der Waals surface area contributed by atoms with Gasteiger partial charge < -0.3 is 19.5 Å². The number of rotatable bonds is 4. The van der Waals surface area contributed by atoms with Crippen LogP contribution in [-0.2, 0) is 0 Å². The Balaban J connectivity index is 2.00. The Morgan fingerprint density at radius 3 is 2.67 bits per heavy atom. The van der Waals surface area contributed by atoms with Gasteiger partial charge in [0.15, 0.2) is 5.69 Å². The summed E-state index contributed by atoms with van der Waals surface area (Å²) in [6.45, 7) is 6.85. The monoisotopic (exact) mass is 371 g/mol. The van der Waals surface area contributed by atoms with Gasteiger partial charge in [0.05, 0.1) is 11.6 Å². The number of carbonyl (C=O) groups is 2. The van der Waals surface area contributed by atoms with Crippen LogP contribution in [0.2, 0.25) is 0 Å². The lowest BCUT2D eigenvalue weighted by atomic mass is 10.1. The van der Waals surface area contributed by atoms with Crippen molar-refractivity contribution >= 4 is 17.5 Å². The lowest BCUT2D eigenvalue weighted by Gasteiger charge is -2.27. The molecule has 3 heterocycles. The lowest BCUT2D eigenvalue weighted by Crippen LogP contribution is -2.39. The number of carbonyl (C=O) groups excluding carboxylic acids is 2. The minimum Gasteiger partial charge on any atom is -0.348 e. The van der Waals surface area contributed by atoms with Gasteiger partial charge in [-0.15, -0.1) is 0 Å². The maximum absolute atomic E-state index is 12.8. The summed E-state index contributed by atoms with van der Waals surface area (Å²) >= 11 is 0. The Bertz CT molecular complexity index is 842. The average Bonchev–Trinajstić information content (AvgIpc) is 3.25. The van der Waals surface area contributed by atoms with E-state index in [9.17, 15) is 9.59 Å². The predicted octanol–water partition coefficient (Wildman–Crippen LogP) is 2.93. The molecule has 0 radical (unpaired) electrons. The van der Waals surface area contributed by atoms with Gasteiger partial charge in [0.25, 0.3) is 5.91 Å².